The van der Waals surface area contributed by atoms with Crippen LogP contribution in [0.15, 0.2) is 71.6 Å². The molecule has 0 aliphatic heterocycles. The Morgan fingerprint density at radius 3 is 2.31 bits per heavy atom. The third-order valence-corrected chi connectivity index (χ3v) is 6.22. The van der Waals surface area contributed by atoms with Crippen molar-refractivity contribution in [2.24, 2.45) is 0 Å². The lowest BCUT2D eigenvalue weighted by molar-refractivity contribution is -0.387. The molecule has 0 aliphatic rings. The van der Waals surface area contributed by atoms with Crippen molar-refractivity contribution in [2.75, 3.05) is 18.7 Å². The highest BCUT2D eigenvalue weighted by Crippen LogP contribution is 2.30. The highest BCUT2D eigenvalue weighted by molar-refractivity contribution is 7.90. The van der Waals surface area contributed by atoms with Gasteiger partial charge in [0.1, 0.15) is 10.6 Å². The number of carbonyl (C=O) groups is 2. The highest BCUT2D eigenvalue weighted by atomic mass is 35.5. The van der Waals surface area contributed by atoms with Gasteiger partial charge < -0.3 is 14.8 Å². The van der Waals surface area contributed by atoms with Crippen LogP contribution < -0.4 is 10.1 Å². The van der Waals surface area contributed by atoms with Crippen LogP contribution in [0.4, 0.5) is 11.4 Å². The van der Waals surface area contributed by atoms with E-state index < -0.39 is 43.3 Å². The molecule has 35 heavy (non-hydrogen) atoms. The van der Waals surface area contributed by atoms with Crippen molar-refractivity contribution in [3.05, 3.63) is 93.0 Å². The smallest absolute Gasteiger partial charge is 0.339 e. The van der Waals surface area contributed by atoms with Gasteiger partial charge in [-0.2, -0.15) is 0 Å². The number of anilines is 1. The van der Waals surface area contributed by atoms with E-state index in [-0.39, 0.29) is 10.6 Å². The van der Waals surface area contributed by atoms with Gasteiger partial charge in [-0.3, -0.25) is 14.9 Å². The summed E-state index contributed by atoms with van der Waals surface area (Å²) in [5.74, 6) is -1.38. The summed E-state index contributed by atoms with van der Waals surface area (Å²) in [7, 11) is -2.48. The van der Waals surface area contributed by atoms with E-state index >= 15 is 0 Å². The van der Waals surface area contributed by atoms with Crippen molar-refractivity contribution in [2.45, 2.75) is 11.0 Å². The SMILES string of the molecule is COc1ccc(NC(=O)C(OC(=O)c2ccc(S(C)(=O)=O)c([N+](=O)[O-])c2)c2ccccc2)cc1Cl. The van der Waals surface area contributed by atoms with Crippen molar-refractivity contribution in [3.63, 3.8) is 0 Å². The molecule has 3 aromatic rings. The number of ether oxygens (including phenoxy) is 2. The zero-order chi connectivity index (χ0) is 25.8. The first-order chi connectivity index (χ1) is 16.5. The van der Waals surface area contributed by atoms with Crippen molar-refractivity contribution in [3.8, 4) is 5.75 Å². The Hall–Kier alpha value is -3.96. The number of halogens is 1. The number of hydrogen-bond acceptors (Lipinski definition) is 8. The molecule has 3 aromatic carbocycles. The highest BCUT2D eigenvalue weighted by Gasteiger charge is 2.29. The molecule has 0 heterocycles. The van der Waals surface area contributed by atoms with E-state index in [1.807, 2.05) is 0 Å². The number of hydrogen-bond donors (Lipinski definition) is 1. The molecule has 1 unspecified atom stereocenters. The second-order valence-electron chi connectivity index (χ2n) is 7.25. The number of methoxy groups -OCH3 is 1. The van der Waals surface area contributed by atoms with Gasteiger partial charge in [0.25, 0.3) is 11.6 Å². The molecule has 0 saturated carbocycles. The van der Waals surface area contributed by atoms with Crippen LogP contribution in [0.5, 0.6) is 5.75 Å². The molecule has 0 saturated heterocycles. The maximum Gasteiger partial charge on any atom is 0.339 e. The third-order valence-electron chi connectivity index (χ3n) is 4.78. The van der Waals surface area contributed by atoms with E-state index in [2.05, 4.69) is 5.32 Å². The van der Waals surface area contributed by atoms with Gasteiger partial charge in [0.15, 0.2) is 9.84 Å². The first kappa shape index (κ1) is 25.7. The average molecular weight is 519 g/mol. The maximum absolute atomic E-state index is 13.1. The number of rotatable bonds is 8. The van der Waals surface area contributed by atoms with Crippen molar-refractivity contribution >= 4 is 44.7 Å². The summed E-state index contributed by atoms with van der Waals surface area (Å²) in [5, 5.41) is 14.2. The molecule has 1 atom stereocenters. The van der Waals surface area contributed by atoms with Crippen molar-refractivity contribution in [1.82, 2.24) is 0 Å². The van der Waals surface area contributed by atoms with E-state index in [9.17, 15) is 28.1 Å². The number of nitrogens with one attached hydrogen (secondary N) is 1. The zero-order valence-electron chi connectivity index (χ0n) is 18.4. The van der Waals surface area contributed by atoms with Crippen LogP contribution >= 0.6 is 11.6 Å². The number of carbonyl (C=O) groups excluding carboxylic acids is 2. The van der Waals surface area contributed by atoms with Gasteiger partial charge in [-0.1, -0.05) is 41.9 Å². The average Bonchev–Trinajstić information content (AvgIpc) is 2.82. The lowest BCUT2D eigenvalue weighted by atomic mass is 10.1. The number of nitro benzene ring substituents is 1. The second-order valence-corrected chi connectivity index (χ2v) is 9.64. The van der Waals surface area contributed by atoms with Crippen LogP contribution in [0.25, 0.3) is 0 Å². The van der Waals surface area contributed by atoms with E-state index in [1.165, 1.54) is 13.2 Å². The van der Waals surface area contributed by atoms with Gasteiger partial charge >= 0.3 is 5.97 Å². The molecule has 1 amide bonds. The van der Waals surface area contributed by atoms with E-state index in [1.54, 1.807) is 42.5 Å². The Morgan fingerprint density at radius 2 is 1.74 bits per heavy atom. The summed E-state index contributed by atoms with van der Waals surface area (Å²) < 4.78 is 34.2. The van der Waals surface area contributed by atoms with E-state index in [4.69, 9.17) is 21.1 Å². The molecule has 0 radical (unpaired) electrons. The second kappa shape index (κ2) is 10.5. The molecule has 12 heteroatoms. The molecular formula is C23H19ClN2O8S. The van der Waals surface area contributed by atoms with Gasteiger partial charge in [0.2, 0.25) is 6.10 Å². The topological polar surface area (TPSA) is 142 Å². The molecule has 3 rings (SSSR count). The number of nitrogens with zero attached hydrogens (tertiary/aromatic N) is 1. The lowest BCUT2D eigenvalue weighted by Crippen LogP contribution is -2.26. The number of benzene rings is 3. The number of sulfone groups is 1. The Labute approximate surface area is 205 Å². The Bertz CT molecular complexity index is 1390. The van der Waals surface area contributed by atoms with Crippen LogP contribution in [0.3, 0.4) is 0 Å². The van der Waals surface area contributed by atoms with Crippen LogP contribution in [0, 0.1) is 10.1 Å². The van der Waals surface area contributed by atoms with Crippen LogP contribution in [0.1, 0.15) is 22.0 Å². The minimum atomic E-state index is -3.92. The molecular weight excluding hydrogens is 500 g/mol. The minimum absolute atomic E-state index is 0.247. The predicted molar refractivity (Wildman–Crippen MR) is 127 cm³/mol. The van der Waals surface area contributed by atoms with Gasteiger partial charge in [-0.05, 0) is 30.3 Å². The summed E-state index contributed by atoms with van der Waals surface area (Å²) in [6, 6.07) is 15.5. The van der Waals surface area contributed by atoms with Gasteiger partial charge in [0.05, 0.1) is 22.6 Å². The molecule has 0 spiro atoms. The molecule has 0 bridgehead atoms. The summed E-state index contributed by atoms with van der Waals surface area (Å²) in [6.45, 7) is 0. The van der Waals surface area contributed by atoms with Gasteiger partial charge in [0, 0.05) is 23.6 Å². The fourth-order valence-electron chi connectivity index (χ4n) is 3.13. The Kier molecular flexibility index (Phi) is 7.72. The largest absolute Gasteiger partial charge is 0.495 e. The maximum atomic E-state index is 13.1. The van der Waals surface area contributed by atoms with Gasteiger partial charge in [-0.25, -0.2) is 13.2 Å². The van der Waals surface area contributed by atoms with Crippen molar-refractivity contribution < 1.29 is 32.4 Å². The van der Waals surface area contributed by atoms with E-state index in [0.717, 1.165) is 24.5 Å². The zero-order valence-corrected chi connectivity index (χ0v) is 20.0. The predicted octanol–water partition coefficient (Wildman–Crippen LogP) is 4.20. The minimum Gasteiger partial charge on any atom is -0.495 e. The van der Waals surface area contributed by atoms with Gasteiger partial charge in [-0.15, -0.1) is 0 Å². The number of nitro groups is 1. The van der Waals surface area contributed by atoms with Crippen molar-refractivity contribution in [1.29, 1.82) is 0 Å². The molecule has 0 aliphatic carbocycles. The fourth-order valence-corrected chi connectivity index (χ4v) is 4.21. The summed E-state index contributed by atoms with van der Waals surface area (Å²) >= 11 is 6.10. The molecule has 0 aromatic heterocycles. The van der Waals surface area contributed by atoms with E-state index in [0.29, 0.717) is 17.0 Å². The normalized spacial score (nSPS) is 11.9. The monoisotopic (exact) mass is 518 g/mol. The first-order valence-electron chi connectivity index (χ1n) is 9.90. The summed E-state index contributed by atoms with van der Waals surface area (Å²) in [6.07, 6.45) is -0.618. The molecule has 182 valence electrons. The standard InChI is InChI=1S/C23H19ClN2O8S/c1-33-19-10-9-16(13-17(19)24)25-22(27)21(14-6-4-3-5-7-14)34-23(28)15-8-11-20(35(2,31)32)18(12-15)26(29)30/h3-13,21H,1-2H3,(H,25,27). The summed E-state index contributed by atoms with van der Waals surface area (Å²) in [4.78, 5) is 35.8. The number of esters is 1. The fraction of sp³-hybridized carbons (Fsp3) is 0.130. The third kappa shape index (κ3) is 6.14. The number of amides is 1. The first-order valence-corrected chi connectivity index (χ1v) is 12.2. The van der Waals surface area contributed by atoms with Crippen LogP contribution in [-0.2, 0) is 19.4 Å². The van der Waals surface area contributed by atoms with Crippen LogP contribution in [0.2, 0.25) is 5.02 Å². The Morgan fingerprint density at radius 1 is 1.06 bits per heavy atom. The quantitative estimate of drug-likeness (QED) is 0.265. The summed E-state index contributed by atoms with van der Waals surface area (Å²) in [5.41, 5.74) is -0.438. The molecule has 10 nitrogen and oxygen atoms in total. The lowest BCUT2D eigenvalue weighted by Gasteiger charge is -2.18. The molecule has 0 fully saturated rings. The van der Waals surface area contributed by atoms with Crippen LogP contribution in [-0.4, -0.2) is 38.6 Å². The molecule has 1 N–H and O–H groups in total. The Balaban J connectivity index is 1.92.